The summed E-state index contributed by atoms with van der Waals surface area (Å²) < 4.78 is 10.4. The molecule has 3 N–H and O–H groups in total. The fraction of sp³-hybridized carbons (Fsp3) is 0.400. The predicted molar refractivity (Wildman–Crippen MR) is 123 cm³/mol. The molecule has 0 aliphatic heterocycles. The Morgan fingerprint density at radius 3 is 2.09 bits per heavy atom. The fourth-order valence-electron chi connectivity index (χ4n) is 4.08. The highest BCUT2D eigenvalue weighted by atomic mass is 16.5. The van der Waals surface area contributed by atoms with Crippen molar-refractivity contribution < 1.29 is 29.0 Å². The van der Waals surface area contributed by atoms with Gasteiger partial charge in [-0.05, 0) is 28.2 Å². The molecule has 0 bridgehead atoms. The second-order valence-electron chi connectivity index (χ2n) is 8.33. The number of carboxylic acids is 1. The van der Waals surface area contributed by atoms with E-state index in [1.165, 1.54) is 7.11 Å². The number of carbonyl (C=O) groups excluding carboxylic acids is 2. The minimum atomic E-state index is -1.09. The van der Waals surface area contributed by atoms with Crippen LogP contribution in [0.2, 0.25) is 0 Å². The van der Waals surface area contributed by atoms with Gasteiger partial charge in [0.25, 0.3) is 0 Å². The van der Waals surface area contributed by atoms with E-state index in [1.54, 1.807) is 0 Å². The molecule has 0 fully saturated rings. The lowest BCUT2D eigenvalue weighted by Gasteiger charge is -2.22. The van der Waals surface area contributed by atoms with E-state index in [-0.39, 0.29) is 31.4 Å². The van der Waals surface area contributed by atoms with Gasteiger partial charge in [0.1, 0.15) is 12.6 Å². The van der Waals surface area contributed by atoms with Crippen molar-refractivity contribution in [2.45, 2.75) is 38.3 Å². The van der Waals surface area contributed by atoms with Crippen LogP contribution in [0.3, 0.4) is 0 Å². The third-order valence-electron chi connectivity index (χ3n) is 5.83. The molecule has 0 aromatic heterocycles. The monoisotopic (exact) mass is 454 g/mol. The van der Waals surface area contributed by atoms with E-state index in [9.17, 15) is 14.4 Å². The van der Waals surface area contributed by atoms with Gasteiger partial charge in [-0.1, -0.05) is 62.4 Å². The number of ether oxygens (including phenoxy) is 2. The first kappa shape index (κ1) is 24.3. The standard InChI is InChI=1S/C25H30N2O6/c1-15(2)22(23(28)26-13-12-21(32-3)24(29)30)27-25(31)33-14-20-18-10-6-4-8-16(18)17-9-5-7-11-19(17)20/h4-11,15,20-22H,12-14H2,1-3H3,(H,26,28)(H,27,31)(H,29,30)/t21?,22-/m1/s1. The van der Waals surface area contributed by atoms with Gasteiger partial charge in [0.15, 0.2) is 6.10 Å². The third kappa shape index (κ3) is 5.70. The molecule has 33 heavy (non-hydrogen) atoms. The molecule has 0 saturated carbocycles. The van der Waals surface area contributed by atoms with Gasteiger partial charge in [0.2, 0.25) is 5.91 Å². The quantitative estimate of drug-likeness (QED) is 0.508. The van der Waals surface area contributed by atoms with Gasteiger partial charge in [-0.15, -0.1) is 0 Å². The number of carboxylic acid groups (broad SMARTS) is 1. The maximum absolute atomic E-state index is 12.6. The van der Waals surface area contributed by atoms with E-state index < -0.39 is 30.1 Å². The van der Waals surface area contributed by atoms with Crippen LogP contribution < -0.4 is 10.6 Å². The Bertz CT molecular complexity index is 960. The largest absolute Gasteiger partial charge is 0.479 e. The molecule has 8 heteroatoms. The normalized spacial score (nSPS) is 14.2. The second kappa shape index (κ2) is 11.0. The van der Waals surface area contributed by atoms with E-state index in [1.807, 2.05) is 50.2 Å². The molecule has 2 aromatic rings. The Morgan fingerprint density at radius 2 is 1.58 bits per heavy atom. The smallest absolute Gasteiger partial charge is 0.407 e. The molecule has 2 amide bonds. The molecular formula is C25H30N2O6. The summed E-state index contributed by atoms with van der Waals surface area (Å²) in [5.41, 5.74) is 4.49. The van der Waals surface area contributed by atoms with Gasteiger partial charge in [-0.2, -0.15) is 0 Å². The number of nitrogens with one attached hydrogen (secondary N) is 2. The summed E-state index contributed by atoms with van der Waals surface area (Å²) in [4.78, 5) is 36.1. The van der Waals surface area contributed by atoms with E-state index in [0.29, 0.717) is 0 Å². The van der Waals surface area contributed by atoms with Crippen LogP contribution in [0.25, 0.3) is 11.1 Å². The minimum Gasteiger partial charge on any atom is -0.479 e. The summed E-state index contributed by atoms with van der Waals surface area (Å²) in [6.07, 6.45) is -1.56. The van der Waals surface area contributed by atoms with Crippen molar-refractivity contribution in [1.82, 2.24) is 10.6 Å². The maximum atomic E-state index is 12.6. The van der Waals surface area contributed by atoms with Gasteiger partial charge in [0, 0.05) is 26.0 Å². The van der Waals surface area contributed by atoms with Crippen LogP contribution in [0, 0.1) is 5.92 Å². The zero-order valence-corrected chi connectivity index (χ0v) is 19.0. The maximum Gasteiger partial charge on any atom is 0.407 e. The molecule has 1 aliphatic rings. The molecule has 0 spiro atoms. The first-order valence-corrected chi connectivity index (χ1v) is 11.0. The lowest BCUT2D eigenvalue weighted by atomic mass is 9.98. The summed E-state index contributed by atoms with van der Waals surface area (Å²) in [5.74, 6) is -1.76. The van der Waals surface area contributed by atoms with Crippen molar-refractivity contribution in [3.8, 4) is 11.1 Å². The highest BCUT2D eigenvalue weighted by Crippen LogP contribution is 2.44. The zero-order chi connectivity index (χ0) is 24.0. The molecule has 0 radical (unpaired) electrons. The molecule has 1 unspecified atom stereocenters. The van der Waals surface area contributed by atoms with E-state index in [4.69, 9.17) is 14.6 Å². The molecule has 176 valence electrons. The molecular weight excluding hydrogens is 424 g/mol. The number of hydrogen-bond donors (Lipinski definition) is 3. The highest BCUT2D eigenvalue weighted by molar-refractivity contribution is 5.86. The van der Waals surface area contributed by atoms with Crippen LogP contribution in [0.5, 0.6) is 0 Å². The average molecular weight is 455 g/mol. The summed E-state index contributed by atoms with van der Waals surface area (Å²) in [5, 5.41) is 14.3. The number of rotatable bonds is 10. The summed E-state index contributed by atoms with van der Waals surface area (Å²) in [6.45, 7) is 3.88. The zero-order valence-electron chi connectivity index (χ0n) is 19.0. The molecule has 2 atom stereocenters. The van der Waals surface area contributed by atoms with Crippen molar-refractivity contribution in [3.05, 3.63) is 59.7 Å². The van der Waals surface area contributed by atoms with Crippen molar-refractivity contribution >= 4 is 18.0 Å². The second-order valence-corrected chi connectivity index (χ2v) is 8.33. The Hall–Kier alpha value is -3.39. The molecule has 0 saturated heterocycles. The number of amides is 2. The van der Waals surface area contributed by atoms with Crippen LogP contribution in [-0.4, -0.2) is 55.5 Å². The van der Waals surface area contributed by atoms with Crippen molar-refractivity contribution in [1.29, 1.82) is 0 Å². The lowest BCUT2D eigenvalue weighted by molar-refractivity contribution is -0.149. The molecule has 0 heterocycles. The van der Waals surface area contributed by atoms with Gasteiger partial charge in [-0.25, -0.2) is 9.59 Å². The van der Waals surface area contributed by atoms with Crippen LogP contribution in [0.1, 0.15) is 37.3 Å². The first-order valence-electron chi connectivity index (χ1n) is 11.0. The fourth-order valence-corrected chi connectivity index (χ4v) is 4.08. The number of benzene rings is 2. The summed E-state index contributed by atoms with van der Waals surface area (Å²) in [6, 6.07) is 15.3. The number of aliphatic carboxylic acids is 1. The molecule has 1 aliphatic carbocycles. The topological polar surface area (TPSA) is 114 Å². The predicted octanol–water partition coefficient (Wildman–Crippen LogP) is 3.16. The average Bonchev–Trinajstić information content (AvgIpc) is 3.12. The third-order valence-corrected chi connectivity index (χ3v) is 5.83. The Morgan fingerprint density at radius 1 is 1.00 bits per heavy atom. The lowest BCUT2D eigenvalue weighted by Crippen LogP contribution is -2.50. The minimum absolute atomic E-state index is 0.0727. The Kier molecular flexibility index (Phi) is 8.06. The van der Waals surface area contributed by atoms with Gasteiger partial charge in [-0.3, -0.25) is 4.79 Å². The van der Waals surface area contributed by atoms with Crippen molar-refractivity contribution in [2.24, 2.45) is 5.92 Å². The number of carbonyl (C=O) groups is 3. The van der Waals surface area contributed by atoms with Gasteiger partial charge < -0.3 is 25.2 Å². The van der Waals surface area contributed by atoms with Crippen molar-refractivity contribution in [2.75, 3.05) is 20.3 Å². The number of hydrogen-bond acceptors (Lipinski definition) is 5. The Labute approximate surface area is 193 Å². The Balaban J connectivity index is 1.57. The molecule has 8 nitrogen and oxygen atoms in total. The van der Waals surface area contributed by atoms with E-state index >= 15 is 0 Å². The van der Waals surface area contributed by atoms with Gasteiger partial charge >= 0.3 is 12.1 Å². The molecule has 3 rings (SSSR count). The van der Waals surface area contributed by atoms with Crippen LogP contribution in [0.15, 0.2) is 48.5 Å². The summed E-state index contributed by atoms with van der Waals surface area (Å²) in [7, 11) is 1.30. The van der Waals surface area contributed by atoms with Crippen molar-refractivity contribution in [3.63, 3.8) is 0 Å². The van der Waals surface area contributed by atoms with Crippen LogP contribution in [-0.2, 0) is 19.1 Å². The number of alkyl carbamates (subject to hydrolysis) is 1. The van der Waals surface area contributed by atoms with E-state index in [2.05, 4.69) is 22.8 Å². The number of fused-ring (bicyclic) bond motifs is 3. The van der Waals surface area contributed by atoms with Crippen LogP contribution in [0.4, 0.5) is 4.79 Å². The van der Waals surface area contributed by atoms with E-state index in [0.717, 1.165) is 22.3 Å². The van der Waals surface area contributed by atoms with Gasteiger partial charge in [0.05, 0.1) is 0 Å². The first-order chi connectivity index (χ1) is 15.8. The summed E-state index contributed by atoms with van der Waals surface area (Å²) >= 11 is 0. The highest BCUT2D eigenvalue weighted by Gasteiger charge is 2.30. The van der Waals surface area contributed by atoms with Crippen LogP contribution >= 0.6 is 0 Å². The number of methoxy groups -OCH3 is 1. The molecule has 2 aromatic carbocycles. The SMILES string of the molecule is COC(CCNC(=O)[C@H](NC(=O)OCC1c2ccccc2-c2ccccc21)C(C)C)C(=O)O.